The van der Waals surface area contributed by atoms with E-state index in [0.29, 0.717) is 61.6 Å². The molecule has 15 nitrogen and oxygen atoms in total. The first-order valence-corrected chi connectivity index (χ1v) is 21.8. The average Bonchev–Trinajstić information content (AvgIpc) is 3.59. The number of amides is 5. The van der Waals surface area contributed by atoms with E-state index in [4.69, 9.17) is 9.47 Å². The molecule has 6 heterocycles. The lowest BCUT2D eigenvalue weighted by molar-refractivity contribution is -0.136. The quantitative estimate of drug-likeness (QED) is 0.290. The van der Waals surface area contributed by atoms with Crippen molar-refractivity contribution in [1.29, 1.82) is 0 Å². The third-order valence-corrected chi connectivity index (χ3v) is 13.9. The molecular weight excluding hydrogens is 777 g/mol. The van der Waals surface area contributed by atoms with E-state index in [-0.39, 0.29) is 42.3 Å². The zero-order valence-electron chi connectivity index (χ0n) is 36.4. The van der Waals surface area contributed by atoms with Crippen LogP contribution < -0.4 is 30.6 Å². The number of methoxy groups -OCH3 is 2. The number of nitrogens with one attached hydrogen (secondary N) is 2. The SMILES string of the molecule is CNC(=O)N1CCc2c(-c3cc(OC)c(CN4[C@H](C)CN(CCC5CCN(c6ccc7c(c6)C(=O)N(C6CCC(=O)NC6=O)C7)CC5)C[C@H]4C)c(OC)c3)cn(C)c(=O)c2C1. The molecule has 3 saturated heterocycles. The molecule has 0 saturated carbocycles. The number of benzene rings is 2. The molecule has 61 heavy (non-hydrogen) atoms. The van der Waals surface area contributed by atoms with E-state index in [2.05, 4.69) is 57.4 Å². The van der Waals surface area contributed by atoms with Crippen LogP contribution >= 0.6 is 0 Å². The number of hydrogen-bond donors (Lipinski definition) is 2. The van der Waals surface area contributed by atoms with Crippen LogP contribution in [0.5, 0.6) is 11.5 Å². The molecule has 15 heteroatoms. The van der Waals surface area contributed by atoms with Gasteiger partial charge in [0.2, 0.25) is 11.8 Å². The highest BCUT2D eigenvalue weighted by molar-refractivity contribution is 6.05. The summed E-state index contributed by atoms with van der Waals surface area (Å²) in [6.45, 7) is 11.4. The van der Waals surface area contributed by atoms with Crippen molar-refractivity contribution in [2.24, 2.45) is 13.0 Å². The monoisotopic (exact) mass is 836 g/mol. The highest BCUT2D eigenvalue weighted by atomic mass is 16.5. The smallest absolute Gasteiger partial charge is 0.317 e. The molecule has 5 aliphatic rings. The van der Waals surface area contributed by atoms with Crippen LogP contribution in [0.15, 0.2) is 41.3 Å². The maximum atomic E-state index is 13.4. The van der Waals surface area contributed by atoms with Crippen molar-refractivity contribution in [2.75, 3.05) is 65.4 Å². The van der Waals surface area contributed by atoms with Crippen LogP contribution in [0, 0.1) is 5.92 Å². The third-order valence-electron chi connectivity index (χ3n) is 13.9. The summed E-state index contributed by atoms with van der Waals surface area (Å²) in [5, 5.41) is 5.07. The van der Waals surface area contributed by atoms with Gasteiger partial charge >= 0.3 is 6.03 Å². The van der Waals surface area contributed by atoms with E-state index >= 15 is 0 Å². The number of imide groups is 1. The van der Waals surface area contributed by atoms with Crippen LogP contribution in [-0.2, 0) is 42.7 Å². The molecule has 326 valence electrons. The van der Waals surface area contributed by atoms with Crippen molar-refractivity contribution in [3.63, 3.8) is 0 Å². The number of hydrogen-bond acceptors (Lipinski definition) is 10. The second-order valence-electron chi connectivity index (χ2n) is 17.6. The summed E-state index contributed by atoms with van der Waals surface area (Å²) < 4.78 is 13.7. The fraction of sp³-hybridized carbons (Fsp3) is 0.543. The maximum absolute atomic E-state index is 13.4. The van der Waals surface area contributed by atoms with E-state index < -0.39 is 6.04 Å². The Balaban J connectivity index is 0.866. The summed E-state index contributed by atoms with van der Waals surface area (Å²) in [6.07, 6.45) is 6.43. The van der Waals surface area contributed by atoms with Gasteiger partial charge in [0.05, 0.1) is 26.3 Å². The second-order valence-corrected chi connectivity index (χ2v) is 17.6. The minimum atomic E-state index is -0.603. The molecule has 3 aromatic rings. The van der Waals surface area contributed by atoms with Crippen molar-refractivity contribution < 1.29 is 28.7 Å². The van der Waals surface area contributed by atoms with Crippen LogP contribution in [0.1, 0.15) is 78.6 Å². The molecule has 1 aromatic heterocycles. The number of urea groups is 1. The Kier molecular flexibility index (Phi) is 12.1. The first-order chi connectivity index (χ1) is 29.4. The van der Waals surface area contributed by atoms with Crippen LogP contribution in [0.4, 0.5) is 10.5 Å². The standard InChI is InChI=1S/C46H60N8O7/c1-28-22-50(15-11-30-12-16-51(17-13-30)33-8-7-31-24-54(45(58)35(31)21-33)39-9-10-42(55)48-43(39)56)23-29(2)53(28)27-38-40(60-5)19-32(20-41(38)61-6)36-25-49(4)44(57)37-26-52(46(59)47-3)18-14-34(36)37/h7-8,19-21,25,28-30,39H,9-18,22-24,26-27H2,1-6H3,(H,47,59)(H,48,55,56)/t28-,29-,39?/m1/s1. The third kappa shape index (κ3) is 8.33. The predicted octanol–water partition coefficient (Wildman–Crippen LogP) is 3.73. The second kappa shape index (κ2) is 17.5. The number of fused-ring (bicyclic) bond motifs is 2. The van der Waals surface area contributed by atoms with Gasteiger partial charge in [-0.1, -0.05) is 6.07 Å². The first kappa shape index (κ1) is 42.3. The van der Waals surface area contributed by atoms with E-state index in [1.807, 2.05) is 18.3 Å². The Bertz CT molecular complexity index is 2230. The Morgan fingerprint density at radius 2 is 1.57 bits per heavy atom. The number of aryl methyl sites for hydroxylation is 1. The number of ether oxygens (including phenoxy) is 2. The van der Waals surface area contributed by atoms with Crippen molar-refractivity contribution in [3.8, 4) is 22.6 Å². The average molecular weight is 837 g/mol. The van der Waals surface area contributed by atoms with E-state index in [1.165, 1.54) is 0 Å². The number of carbonyl (C=O) groups is 4. The largest absolute Gasteiger partial charge is 0.496 e. The van der Waals surface area contributed by atoms with Gasteiger partial charge in [-0.05, 0) is 99.4 Å². The fourth-order valence-corrected chi connectivity index (χ4v) is 10.4. The van der Waals surface area contributed by atoms with Gasteiger partial charge < -0.3 is 39.0 Å². The fourth-order valence-electron chi connectivity index (χ4n) is 10.4. The number of piperazine rings is 1. The topological polar surface area (TPSA) is 149 Å². The van der Waals surface area contributed by atoms with Gasteiger partial charge in [-0.3, -0.25) is 29.4 Å². The number of rotatable bonds is 10. The molecule has 2 aromatic carbocycles. The zero-order chi connectivity index (χ0) is 43.1. The van der Waals surface area contributed by atoms with Crippen molar-refractivity contribution >= 4 is 29.4 Å². The summed E-state index contributed by atoms with van der Waals surface area (Å²) in [4.78, 5) is 74.1. The zero-order valence-corrected chi connectivity index (χ0v) is 36.4. The van der Waals surface area contributed by atoms with Crippen molar-refractivity contribution in [1.82, 2.24) is 34.8 Å². The summed E-state index contributed by atoms with van der Waals surface area (Å²) in [6, 6.07) is 10.1. The molecule has 3 atom stereocenters. The summed E-state index contributed by atoms with van der Waals surface area (Å²) in [5.74, 6) is 1.34. The number of piperidine rings is 2. The summed E-state index contributed by atoms with van der Waals surface area (Å²) in [7, 11) is 6.75. The first-order valence-electron chi connectivity index (χ1n) is 21.8. The molecule has 8 rings (SSSR count). The van der Waals surface area contributed by atoms with Gasteiger partial charge in [0.1, 0.15) is 17.5 Å². The van der Waals surface area contributed by atoms with Gasteiger partial charge in [-0.25, -0.2) is 4.79 Å². The maximum Gasteiger partial charge on any atom is 0.317 e. The lowest BCUT2D eigenvalue weighted by atomic mass is 9.91. The Labute approximate surface area is 357 Å². The van der Waals surface area contributed by atoms with E-state index in [1.54, 1.807) is 42.7 Å². The molecule has 0 bridgehead atoms. The van der Waals surface area contributed by atoms with Crippen LogP contribution in [0.3, 0.4) is 0 Å². The Morgan fingerprint density at radius 3 is 2.23 bits per heavy atom. The van der Waals surface area contributed by atoms with Gasteiger partial charge in [0.15, 0.2) is 0 Å². The van der Waals surface area contributed by atoms with Crippen molar-refractivity contribution in [2.45, 2.75) is 90.1 Å². The summed E-state index contributed by atoms with van der Waals surface area (Å²) in [5.41, 5.74) is 7.01. The van der Waals surface area contributed by atoms with Crippen molar-refractivity contribution in [3.05, 3.63) is 74.7 Å². The number of aromatic nitrogens is 1. The lowest BCUT2D eigenvalue weighted by Gasteiger charge is -2.45. The van der Waals surface area contributed by atoms with Gasteiger partial charge in [-0.15, -0.1) is 0 Å². The normalized spacial score (nSPS) is 22.6. The molecule has 3 fully saturated rings. The minimum absolute atomic E-state index is 0.0929. The number of pyridine rings is 1. The molecular formula is C46H60N8O7. The molecule has 0 spiro atoms. The Hall–Kier alpha value is -5.41. The van der Waals surface area contributed by atoms with Crippen LogP contribution in [-0.4, -0.2) is 127 Å². The lowest BCUT2D eigenvalue weighted by Crippen LogP contribution is -2.56. The van der Waals surface area contributed by atoms with Gasteiger partial charge in [0.25, 0.3) is 11.5 Å². The number of nitrogens with zero attached hydrogens (tertiary/aromatic N) is 6. The van der Waals surface area contributed by atoms with E-state index in [9.17, 15) is 24.0 Å². The number of carbonyl (C=O) groups excluding carboxylic acids is 4. The summed E-state index contributed by atoms with van der Waals surface area (Å²) >= 11 is 0. The van der Waals surface area contributed by atoms with Gasteiger partial charge in [-0.2, -0.15) is 0 Å². The van der Waals surface area contributed by atoms with Crippen LogP contribution in [0.2, 0.25) is 0 Å². The van der Waals surface area contributed by atoms with Crippen LogP contribution in [0.25, 0.3) is 11.1 Å². The molecule has 0 radical (unpaired) electrons. The number of anilines is 1. The molecule has 2 N–H and O–H groups in total. The molecule has 1 unspecified atom stereocenters. The molecule has 5 aliphatic heterocycles. The highest BCUT2D eigenvalue weighted by Gasteiger charge is 2.40. The highest BCUT2D eigenvalue weighted by Crippen LogP contribution is 2.39. The molecule has 5 amide bonds. The van der Waals surface area contributed by atoms with E-state index in [0.717, 1.165) is 97.0 Å². The minimum Gasteiger partial charge on any atom is -0.496 e. The van der Waals surface area contributed by atoms with Gasteiger partial charge in [0, 0.05) is 107 Å². The molecule has 0 aliphatic carbocycles. The Morgan fingerprint density at radius 1 is 0.869 bits per heavy atom. The predicted molar refractivity (Wildman–Crippen MR) is 232 cm³/mol.